The second-order valence-corrected chi connectivity index (χ2v) is 4.73. The summed E-state index contributed by atoms with van der Waals surface area (Å²) in [5.74, 6) is 0.945. The molecule has 0 atom stereocenters. The van der Waals surface area contributed by atoms with E-state index in [-0.39, 0.29) is 0 Å². The van der Waals surface area contributed by atoms with Gasteiger partial charge in [0.15, 0.2) is 0 Å². The molecule has 0 amide bonds. The van der Waals surface area contributed by atoms with E-state index in [4.69, 9.17) is 15.2 Å². The molecule has 0 fully saturated rings. The summed E-state index contributed by atoms with van der Waals surface area (Å²) in [6.45, 7) is 6.31. The number of ether oxygens (including phenoxy) is 2. The van der Waals surface area contributed by atoms with Crippen LogP contribution >= 0.6 is 0 Å². The molecule has 0 saturated carbocycles. The van der Waals surface area contributed by atoms with Gasteiger partial charge in [-0.25, -0.2) is 0 Å². The Labute approximate surface area is 116 Å². The lowest BCUT2D eigenvalue weighted by atomic mass is 10.1. The van der Waals surface area contributed by atoms with Crippen LogP contribution < -0.4 is 10.5 Å². The zero-order valence-electron chi connectivity index (χ0n) is 12.3. The molecule has 1 aromatic carbocycles. The van der Waals surface area contributed by atoms with Crippen LogP contribution in [-0.4, -0.2) is 45.4 Å². The van der Waals surface area contributed by atoms with E-state index in [2.05, 4.69) is 24.0 Å². The summed E-state index contributed by atoms with van der Waals surface area (Å²) in [6.07, 6.45) is 0.998. The lowest BCUT2D eigenvalue weighted by Gasteiger charge is -2.23. The number of methoxy groups -OCH3 is 2. The van der Waals surface area contributed by atoms with E-state index in [1.54, 1.807) is 14.2 Å². The van der Waals surface area contributed by atoms with Gasteiger partial charge in [0.2, 0.25) is 0 Å². The van der Waals surface area contributed by atoms with E-state index < -0.39 is 0 Å². The molecule has 0 aliphatic carbocycles. The standard InChI is InChI=1S/C15H26N2O2/c1-13-5-6-15(19-3)14(11-13)12-17(8-4-7-16)9-10-18-2/h5-6,11H,4,7-10,12,16H2,1-3H3. The highest BCUT2D eigenvalue weighted by atomic mass is 16.5. The van der Waals surface area contributed by atoms with Gasteiger partial charge in [0.05, 0.1) is 13.7 Å². The summed E-state index contributed by atoms with van der Waals surface area (Å²) >= 11 is 0. The van der Waals surface area contributed by atoms with Crippen LogP contribution in [0.15, 0.2) is 18.2 Å². The number of hydrogen-bond donors (Lipinski definition) is 1. The summed E-state index contributed by atoms with van der Waals surface area (Å²) in [4.78, 5) is 2.35. The van der Waals surface area contributed by atoms with Gasteiger partial charge >= 0.3 is 0 Å². The first-order valence-electron chi connectivity index (χ1n) is 6.76. The average molecular weight is 266 g/mol. The van der Waals surface area contributed by atoms with Crippen molar-refractivity contribution in [2.24, 2.45) is 5.73 Å². The molecule has 4 heteroatoms. The minimum Gasteiger partial charge on any atom is -0.496 e. The van der Waals surface area contributed by atoms with Crippen LogP contribution in [0.2, 0.25) is 0 Å². The molecule has 0 bridgehead atoms. The zero-order chi connectivity index (χ0) is 14.1. The van der Waals surface area contributed by atoms with Crippen molar-refractivity contribution in [3.05, 3.63) is 29.3 Å². The van der Waals surface area contributed by atoms with Gasteiger partial charge < -0.3 is 15.2 Å². The van der Waals surface area contributed by atoms with Gasteiger partial charge in [-0.2, -0.15) is 0 Å². The normalized spacial score (nSPS) is 11.0. The highest BCUT2D eigenvalue weighted by Gasteiger charge is 2.09. The third kappa shape index (κ3) is 5.59. The number of benzene rings is 1. The minimum absolute atomic E-state index is 0.717. The monoisotopic (exact) mass is 266 g/mol. The van der Waals surface area contributed by atoms with Crippen molar-refractivity contribution < 1.29 is 9.47 Å². The van der Waals surface area contributed by atoms with Crippen molar-refractivity contribution in [2.75, 3.05) is 40.5 Å². The van der Waals surface area contributed by atoms with Crippen molar-refractivity contribution in [1.82, 2.24) is 4.90 Å². The molecule has 1 aromatic rings. The topological polar surface area (TPSA) is 47.7 Å². The molecule has 0 aromatic heterocycles. The van der Waals surface area contributed by atoms with E-state index in [0.717, 1.165) is 38.4 Å². The van der Waals surface area contributed by atoms with E-state index in [1.807, 2.05) is 6.07 Å². The van der Waals surface area contributed by atoms with Crippen LogP contribution in [-0.2, 0) is 11.3 Å². The second-order valence-electron chi connectivity index (χ2n) is 4.73. The van der Waals surface area contributed by atoms with Gasteiger partial charge in [-0.15, -0.1) is 0 Å². The first kappa shape index (κ1) is 16.0. The summed E-state index contributed by atoms with van der Waals surface area (Å²) in [6, 6.07) is 6.28. The van der Waals surface area contributed by atoms with Crippen molar-refractivity contribution in [1.29, 1.82) is 0 Å². The van der Waals surface area contributed by atoms with E-state index in [9.17, 15) is 0 Å². The van der Waals surface area contributed by atoms with Gasteiger partial charge in [-0.05, 0) is 32.5 Å². The van der Waals surface area contributed by atoms with Crippen LogP contribution in [0.25, 0.3) is 0 Å². The molecule has 0 unspecified atom stereocenters. The third-order valence-corrected chi connectivity index (χ3v) is 3.12. The Morgan fingerprint density at radius 2 is 2.00 bits per heavy atom. The quantitative estimate of drug-likeness (QED) is 0.740. The van der Waals surface area contributed by atoms with E-state index >= 15 is 0 Å². The Morgan fingerprint density at radius 3 is 2.63 bits per heavy atom. The Balaban J connectivity index is 2.72. The molecule has 19 heavy (non-hydrogen) atoms. The Hall–Kier alpha value is -1.10. The molecular weight excluding hydrogens is 240 g/mol. The van der Waals surface area contributed by atoms with Crippen molar-refractivity contribution in [3.8, 4) is 5.75 Å². The first-order chi connectivity index (χ1) is 9.21. The van der Waals surface area contributed by atoms with Crippen molar-refractivity contribution >= 4 is 0 Å². The number of nitrogens with zero attached hydrogens (tertiary/aromatic N) is 1. The van der Waals surface area contributed by atoms with Gasteiger partial charge in [-0.1, -0.05) is 17.7 Å². The summed E-state index contributed by atoms with van der Waals surface area (Å²) in [5.41, 5.74) is 8.07. The van der Waals surface area contributed by atoms with Crippen LogP contribution in [0, 0.1) is 6.92 Å². The summed E-state index contributed by atoms with van der Waals surface area (Å²) in [7, 11) is 3.45. The fourth-order valence-corrected chi connectivity index (χ4v) is 2.08. The first-order valence-corrected chi connectivity index (χ1v) is 6.76. The van der Waals surface area contributed by atoms with Crippen LogP contribution in [0.3, 0.4) is 0 Å². The minimum atomic E-state index is 0.717. The smallest absolute Gasteiger partial charge is 0.123 e. The van der Waals surface area contributed by atoms with Gasteiger partial charge in [0.25, 0.3) is 0 Å². The number of nitrogens with two attached hydrogens (primary N) is 1. The second kappa shape index (κ2) is 8.91. The zero-order valence-corrected chi connectivity index (χ0v) is 12.3. The molecule has 0 spiro atoms. The van der Waals surface area contributed by atoms with Crippen molar-refractivity contribution in [3.63, 3.8) is 0 Å². The molecule has 0 aliphatic heterocycles. The lowest BCUT2D eigenvalue weighted by Crippen LogP contribution is -2.29. The highest BCUT2D eigenvalue weighted by molar-refractivity contribution is 5.36. The Morgan fingerprint density at radius 1 is 1.21 bits per heavy atom. The third-order valence-electron chi connectivity index (χ3n) is 3.12. The fourth-order valence-electron chi connectivity index (χ4n) is 2.08. The molecule has 0 heterocycles. The Kier molecular flexibility index (Phi) is 7.48. The van der Waals surface area contributed by atoms with Gasteiger partial charge in [0, 0.05) is 25.8 Å². The predicted molar refractivity (Wildman–Crippen MR) is 78.6 cm³/mol. The average Bonchev–Trinajstić information content (AvgIpc) is 2.42. The fraction of sp³-hybridized carbons (Fsp3) is 0.600. The molecule has 0 saturated heterocycles. The predicted octanol–water partition coefficient (Wildman–Crippen LogP) is 1.80. The summed E-state index contributed by atoms with van der Waals surface area (Å²) in [5, 5.41) is 0. The number of hydrogen-bond acceptors (Lipinski definition) is 4. The van der Waals surface area contributed by atoms with Gasteiger partial charge in [0.1, 0.15) is 5.75 Å². The van der Waals surface area contributed by atoms with Crippen LogP contribution in [0.5, 0.6) is 5.75 Å². The maximum Gasteiger partial charge on any atom is 0.123 e. The maximum atomic E-state index is 5.60. The molecule has 0 aliphatic rings. The molecule has 1 rings (SSSR count). The van der Waals surface area contributed by atoms with Crippen molar-refractivity contribution in [2.45, 2.75) is 19.9 Å². The molecular formula is C15H26N2O2. The molecule has 4 nitrogen and oxygen atoms in total. The largest absolute Gasteiger partial charge is 0.496 e. The molecule has 0 radical (unpaired) electrons. The van der Waals surface area contributed by atoms with Crippen LogP contribution in [0.4, 0.5) is 0 Å². The Bertz CT molecular complexity index is 361. The maximum absolute atomic E-state index is 5.60. The highest BCUT2D eigenvalue weighted by Crippen LogP contribution is 2.21. The van der Waals surface area contributed by atoms with E-state index in [1.165, 1.54) is 11.1 Å². The molecule has 108 valence electrons. The van der Waals surface area contributed by atoms with Crippen LogP contribution in [0.1, 0.15) is 17.5 Å². The number of rotatable bonds is 9. The van der Waals surface area contributed by atoms with Gasteiger partial charge in [-0.3, -0.25) is 4.90 Å². The molecule has 2 N–H and O–H groups in total. The SMILES string of the molecule is COCCN(CCCN)Cc1cc(C)ccc1OC. The number of aryl methyl sites for hydroxylation is 1. The van der Waals surface area contributed by atoms with E-state index in [0.29, 0.717) is 6.54 Å². The summed E-state index contributed by atoms with van der Waals surface area (Å²) < 4.78 is 10.6. The lowest BCUT2D eigenvalue weighted by molar-refractivity contribution is 0.143.